The maximum absolute atomic E-state index is 12.8. The Morgan fingerprint density at radius 2 is 1.83 bits per heavy atom. The largest absolute Gasteiger partial charge is 0.491 e. The normalized spacial score (nSPS) is 21.3. The van der Waals surface area contributed by atoms with Gasteiger partial charge in [-0.2, -0.15) is 0 Å². The predicted molar refractivity (Wildman–Crippen MR) is 84.8 cm³/mol. The van der Waals surface area contributed by atoms with Gasteiger partial charge in [0.2, 0.25) is 11.8 Å². The number of aliphatic hydroxyl groups excluding tert-OH is 1. The fourth-order valence-corrected chi connectivity index (χ4v) is 3.65. The third-order valence-electron chi connectivity index (χ3n) is 4.95. The summed E-state index contributed by atoms with van der Waals surface area (Å²) in [5.41, 5.74) is -0.535. The van der Waals surface area contributed by atoms with Gasteiger partial charge >= 0.3 is 0 Å². The van der Waals surface area contributed by atoms with E-state index in [1.165, 1.54) is 29.2 Å². The van der Waals surface area contributed by atoms with Gasteiger partial charge in [-0.25, -0.2) is 4.39 Å². The van der Waals surface area contributed by atoms with Crippen LogP contribution in [0.3, 0.4) is 0 Å². The van der Waals surface area contributed by atoms with Crippen molar-refractivity contribution in [1.82, 2.24) is 4.90 Å². The molecule has 1 heterocycles. The molecule has 0 radical (unpaired) electrons. The summed E-state index contributed by atoms with van der Waals surface area (Å²) < 4.78 is 18.2. The van der Waals surface area contributed by atoms with Crippen LogP contribution in [0.4, 0.5) is 4.39 Å². The summed E-state index contributed by atoms with van der Waals surface area (Å²) in [6.07, 6.45) is 3.87. The molecule has 3 rings (SSSR count). The SMILES string of the molecule is O=C1CC2(CCCCC2)C(=O)N1C[C@H](O)COc1ccc(F)cc1. The Hall–Kier alpha value is -1.95. The fraction of sp³-hybridized carbons (Fsp3) is 0.556. The van der Waals surface area contributed by atoms with Crippen molar-refractivity contribution in [2.24, 2.45) is 5.41 Å². The molecule has 2 fully saturated rings. The lowest BCUT2D eigenvalue weighted by Gasteiger charge is -2.30. The van der Waals surface area contributed by atoms with Crippen molar-refractivity contribution < 1.29 is 23.8 Å². The molecule has 1 aliphatic carbocycles. The molecule has 2 amide bonds. The van der Waals surface area contributed by atoms with E-state index in [4.69, 9.17) is 4.74 Å². The number of likely N-dealkylation sites (tertiary alicyclic amines) is 1. The molecule has 1 aromatic rings. The van der Waals surface area contributed by atoms with Gasteiger partial charge in [0.1, 0.15) is 24.3 Å². The van der Waals surface area contributed by atoms with Crippen LogP contribution in [0.15, 0.2) is 24.3 Å². The highest BCUT2D eigenvalue weighted by Gasteiger charge is 2.51. The maximum Gasteiger partial charge on any atom is 0.235 e. The molecule has 6 heteroatoms. The highest BCUT2D eigenvalue weighted by molar-refractivity contribution is 6.05. The summed E-state index contributed by atoms with van der Waals surface area (Å²) in [7, 11) is 0. The first-order chi connectivity index (χ1) is 11.5. The molecule has 1 N–H and O–H groups in total. The van der Waals surface area contributed by atoms with E-state index in [0.717, 1.165) is 32.1 Å². The smallest absolute Gasteiger partial charge is 0.235 e. The number of benzene rings is 1. The van der Waals surface area contributed by atoms with Crippen LogP contribution in [0.1, 0.15) is 38.5 Å². The highest BCUT2D eigenvalue weighted by atomic mass is 19.1. The van der Waals surface area contributed by atoms with E-state index in [1.807, 2.05) is 0 Å². The van der Waals surface area contributed by atoms with Crippen molar-refractivity contribution >= 4 is 11.8 Å². The predicted octanol–water partition coefficient (Wildman–Crippen LogP) is 2.27. The van der Waals surface area contributed by atoms with Crippen LogP contribution >= 0.6 is 0 Å². The molecule has 1 saturated carbocycles. The van der Waals surface area contributed by atoms with Crippen LogP contribution in [-0.4, -0.2) is 41.1 Å². The van der Waals surface area contributed by atoms with Crippen molar-refractivity contribution in [3.05, 3.63) is 30.1 Å². The first-order valence-corrected chi connectivity index (χ1v) is 8.41. The number of imide groups is 1. The molecule has 1 aliphatic heterocycles. The van der Waals surface area contributed by atoms with Crippen LogP contribution in [0, 0.1) is 11.2 Å². The quantitative estimate of drug-likeness (QED) is 0.838. The van der Waals surface area contributed by atoms with Crippen molar-refractivity contribution in [2.75, 3.05) is 13.2 Å². The number of carbonyl (C=O) groups excluding carboxylic acids is 2. The molecule has 1 saturated heterocycles. The first kappa shape index (κ1) is 16.9. The lowest BCUT2D eigenvalue weighted by atomic mass is 9.73. The zero-order valence-corrected chi connectivity index (χ0v) is 13.5. The van der Waals surface area contributed by atoms with Gasteiger partial charge in [-0.05, 0) is 37.1 Å². The van der Waals surface area contributed by atoms with Gasteiger partial charge in [0, 0.05) is 6.42 Å². The monoisotopic (exact) mass is 335 g/mol. The minimum Gasteiger partial charge on any atom is -0.491 e. The molecule has 130 valence electrons. The van der Waals surface area contributed by atoms with Crippen molar-refractivity contribution in [3.8, 4) is 5.75 Å². The van der Waals surface area contributed by atoms with Gasteiger partial charge in [-0.1, -0.05) is 19.3 Å². The molecule has 24 heavy (non-hydrogen) atoms. The van der Waals surface area contributed by atoms with E-state index in [0.29, 0.717) is 5.75 Å². The average molecular weight is 335 g/mol. The standard InChI is InChI=1S/C18H22FNO4/c19-13-4-6-15(7-5-13)24-12-14(21)11-20-16(22)10-18(17(20)23)8-2-1-3-9-18/h4-7,14,21H,1-3,8-12H2/t14-/m0/s1. The van der Waals surface area contributed by atoms with E-state index >= 15 is 0 Å². The van der Waals surface area contributed by atoms with Crippen LogP contribution in [0.25, 0.3) is 0 Å². The summed E-state index contributed by atoms with van der Waals surface area (Å²) in [5.74, 6) is -0.289. The molecule has 5 nitrogen and oxygen atoms in total. The summed E-state index contributed by atoms with van der Waals surface area (Å²) in [5, 5.41) is 10.1. The van der Waals surface area contributed by atoms with Crippen LogP contribution in [0.2, 0.25) is 0 Å². The van der Waals surface area contributed by atoms with Gasteiger partial charge in [0.15, 0.2) is 0 Å². The summed E-state index contributed by atoms with van der Waals surface area (Å²) >= 11 is 0. The van der Waals surface area contributed by atoms with E-state index in [9.17, 15) is 19.1 Å². The topological polar surface area (TPSA) is 66.8 Å². The van der Waals surface area contributed by atoms with Crippen molar-refractivity contribution in [3.63, 3.8) is 0 Å². The van der Waals surface area contributed by atoms with E-state index in [1.54, 1.807) is 0 Å². The maximum atomic E-state index is 12.8. The molecule has 1 spiro atoms. The number of halogens is 1. The first-order valence-electron chi connectivity index (χ1n) is 8.41. The highest BCUT2D eigenvalue weighted by Crippen LogP contribution is 2.45. The van der Waals surface area contributed by atoms with Gasteiger partial charge in [0.25, 0.3) is 0 Å². The van der Waals surface area contributed by atoms with Crippen LogP contribution < -0.4 is 4.74 Å². The number of aliphatic hydroxyl groups is 1. The van der Waals surface area contributed by atoms with Gasteiger partial charge in [0.05, 0.1) is 12.0 Å². The zero-order chi connectivity index (χ0) is 17.2. The Morgan fingerprint density at radius 1 is 1.17 bits per heavy atom. The van der Waals surface area contributed by atoms with E-state index in [-0.39, 0.29) is 37.2 Å². The number of amides is 2. The Morgan fingerprint density at radius 3 is 2.50 bits per heavy atom. The second kappa shape index (κ2) is 6.89. The minimum atomic E-state index is -0.971. The number of ether oxygens (including phenoxy) is 1. The molecule has 0 bridgehead atoms. The molecule has 1 atom stereocenters. The molecule has 0 unspecified atom stereocenters. The third-order valence-corrected chi connectivity index (χ3v) is 4.95. The molecular formula is C18H22FNO4. The summed E-state index contributed by atoms with van der Waals surface area (Å²) in [6, 6.07) is 5.46. The number of hydrogen-bond acceptors (Lipinski definition) is 4. The summed E-state index contributed by atoms with van der Waals surface area (Å²) in [6.45, 7) is -0.115. The number of hydrogen-bond donors (Lipinski definition) is 1. The van der Waals surface area contributed by atoms with Gasteiger partial charge in [-0.15, -0.1) is 0 Å². The molecular weight excluding hydrogens is 313 g/mol. The molecule has 0 aromatic heterocycles. The van der Waals surface area contributed by atoms with Crippen molar-refractivity contribution in [1.29, 1.82) is 0 Å². The second-order valence-electron chi connectivity index (χ2n) is 6.75. The lowest BCUT2D eigenvalue weighted by molar-refractivity contribution is -0.144. The van der Waals surface area contributed by atoms with Gasteiger partial charge in [-0.3, -0.25) is 14.5 Å². The number of rotatable bonds is 5. The molecule has 1 aromatic carbocycles. The molecule has 2 aliphatic rings. The van der Waals surface area contributed by atoms with E-state index < -0.39 is 11.5 Å². The average Bonchev–Trinajstić information content (AvgIpc) is 2.79. The van der Waals surface area contributed by atoms with Crippen LogP contribution in [0.5, 0.6) is 5.75 Å². The Labute approximate surface area is 140 Å². The van der Waals surface area contributed by atoms with Crippen molar-refractivity contribution in [2.45, 2.75) is 44.6 Å². The number of carbonyl (C=O) groups is 2. The summed E-state index contributed by atoms with van der Waals surface area (Å²) in [4.78, 5) is 26.1. The van der Waals surface area contributed by atoms with Crippen LogP contribution in [-0.2, 0) is 9.59 Å². The number of nitrogens with zero attached hydrogens (tertiary/aromatic N) is 1. The van der Waals surface area contributed by atoms with E-state index in [2.05, 4.69) is 0 Å². The Balaban J connectivity index is 1.55. The lowest BCUT2D eigenvalue weighted by Crippen LogP contribution is -2.42. The van der Waals surface area contributed by atoms with Gasteiger partial charge < -0.3 is 9.84 Å². The fourth-order valence-electron chi connectivity index (χ4n) is 3.65. The minimum absolute atomic E-state index is 0.0549. The number of β-amino-alcohol motifs (C(OH)–C–C–N with tert-alkyl or cyclic N) is 1. The zero-order valence-electron chi connectivity index (χ0n) is 13.5. The third kappa shape index (κ3) is 3.43. The Kier molecular flexibility index (Phi) is 4.85. The second-order valence-corrected chi connectivity index (χ2v) is 6.75. The Bertz CT molecular complexity index is 610.